The number of Topliss-reactive ketones (excluding diaryl/α,β-unsaturated/α-hetero) is 1. The molecule has 3 aromatic heterocycles. The average Bonchev–Trinajstić information content (AvgIpc) is 3.76. The molecule has 243 valence electrons. The Labute approximate surface area is 283 Å². The van der Waals surface area contributed by atoms with Gasteiger partial charge in [-0.2, -0.15) is 0 Å². The summed E-state index contributed by atoms with van der Waals surface area (Å²) in [6, 6.07) is 5.87. The second-order valence-electron chi connectivity index (χ2n) is 11.9. The number of hydrogen-bond acceptors (Lipinski definition) is 7. The van der Waals surface area contributed by atoms with Crippen molar-refractivity contribution in [2.24, 2.45) is 0 Å². The van der Waals surface area contributed by atoms with Crippen LogP contribution < -0.4 is 9.97 Å². The number of aromatic nitrogens is 4. The van der Waals surface area contributed by atoms with Crippen LogP contribution in [0.2, 0.25) is 0 Å². The summed E-state index contributed by atoms with van der Waals surface area (Å²) >= 11 is 0. The molecule has 1 radical (unpaired) electrons. The van der Waals surface area contributed by atoms with Crippen molar-refractivity contribution in [1.29, 1.82) is 0 Å². The summed E-state index contributed by atoms with van der Waals surface area (Å²) in [5, 5.41) is 0. The van der Waals surface area contributed by atoms with Crippen molar-refractivity contribution < 1.29 is 46.2 Å². The van der Waals surface area contributed by atoms with Crippen LogP contribution in [-0.4, -0.2) is 41.9 Å². The quantitative estimate of drug-likeness (QED) is 0.161. The van der Waals surface area contributed by atoms with E-state index < -0.39 is 11.9 Å². The van der Waals surface area contributed by atoms with Crippen LogP contribution in [0, 0.1) is 13.8 Å². The number of allylic oxidation sites excluding steroid dienone is 2. The van der Waals surface area contributed by atoms with Gasteiger partial charge in [0, 0.05) is 57.6 Å². The first-order valence-corrected chi connectivity index (χ1v) is 15.2. The van der Waals surface area contributed by atoms with Crippen LogP contribution >= 0.6 is 0 Å². The molecule has 0 aromatic carbocycles. The Kier molecular flexibility index (Phi) is 9.14. The van der Waals surface area contributed by atoms with E-state index in [1.54, 1.807) is 0 Å². The predicted molar refractivity (Wildman–Crippen MR) is 173 cm³/mol. The van der Waals surface area contributed by atoms with E-state index in [9.17, 15) is 14.4 Å². The third-order valence-corrected chi connectivity index (χ3v) is 9.63. The van der Waals surface area contributed by atoms with E-state index in [0.717, 1.165) is 56.8 Å². The van der Waals surface area contributed by atoms with E-state index in [0.29, 0.717) is 39.8 Å². The summed E-state index contributed by atoms with van der Waals surface area (Å²) in [4.78, 5) is 59.7. The molecule has 0 saturated heterocycles. The van der Waals surface area contributed by atoms with Gasteiger partial charge in [-0.3, -0.25) is 19.4 Å². The molecular formula is C36H36AgN4O5-2. The van der Waals surface area contributed by atoms with Crippen LogP contribution in [0.25, 0.3) is 39.3 Å². The molecule has 0 spiro atoms. The van der Waals surface area contributed by atoms with Crippen molar-refractivity contribution in [3.8, 4) is 0 Å². The Bertz CT molecular complexity index is 2020. The molecule has 5 heterocycles. The molecule has 3 aliphatic rings. The number of esters is 2. The molecular weight excluding hydrogens is 676 g/mol. The van der Waals surface area contributed by atoms with Gasteiger partial charge in [-0.1, -0.05) is 55.8 Å². The van der Waals surface area contributed by atoms with Gasteiger partial charge in [-0.25, -0.2) is 4.98 Å². The van der Waals surface area contributed by atoms with E-state index in [2.05, 4.69) is 20.4 Å². The summed E-state index contributed by atoms with van der Waals surface area (Å²) < 4.78 is 10.1. The number of methoxy groups -OCH3 is 2. The standard InChI is InChI=1S/C36H37N4O5.Ag/c1-9-20-16(3)23-13-25-18(5)22(11-12-29(41)44-7)33(39-25)31-32(36(43)45-8)35(42)30-19(6)26(40-34(30)31)15-28-21(10-2)17(4)24(38-28)14-27(20)37-23;/h9,13-15,18,22,32H,1,10-12H2,2-8H3,(H-,37,38,39,40,42);/q-1;/p-1. The van der Waals surface area contributed by atoms with Gasteiger partial charge in [0.2, 0.25) is 0 Å². The number of hydrogen-bond donors (Lipinski definition) is 0. The van der Waals surface area contributed by atoms with Gasteiger partial charge in [-0.05, 0) is 55.9 Å². The van der Waals surface area contributed by atoms with Crippen LogP contribution in [0.5, 0.6) is 0 Å². The molecule has 2 aliphatic heterocycles. The van der Waals surface area contributed by atoms with Crippen LogP contribution in [0.3, 0.4) is 0 Å². The molecule has 0 amide bonds. The van der Waals surface area contributed by atoms with E-state index >= 15 is 0 Å². The fourth-order valence-electron chi connectivity index (χ4n) is 7.02. The van der Waals surface area contributed by atoms with Gasteiger partial charge in [0.1, 0.15) is 5.92 Å². The SMILES string of the molecule is C=Cc1c(C)c2cc3nc(c4c5[n-]c(cc6nc(cc1[n-]2)C(C)=C6CC)c(C)c5C(=O)C4C(=O)OC)C(CCC(=O)OC)C3C.[Ag]. The molecule has 8 bridgehead atoms. The monoisotopic (exact) mass is 711 g/mol. The largest absolute Gasteiger partial charge is 0.657 e. The molecule has 0 saturated carbocycles. The van der Waals surface area contributed by atoms with Gasteiger partial charge in [0.05, 0.1) is 25.6 Å². The van der Waals surface area contributed by atoms with Crippen molar-refractivity contribution in [2.75, 3.05) is 14.2 Å². The Balaban J connectivity index is 0.00000417. The molecule has 9 nitrogen and oxygen atoms in total. The van der Waals surface area contributed by atoms with Gasteiger partial charge in [0.25, 0.3) is 0 Å². The molecule has 1 aliphatic carbocycles. The Morgan fingerprint density at radius 2 is 1.67 bits per heavy atom. The number of aryl methyl sites for hydroxylation is 2. The van der Waals surface area contributed by atoms with Crippen molar-refractivity contribution in [1.82, 2.24) is 19.9 Å². The minimum atomic E-state index is -1.20. The number of nitrogens with zero attached hydrogens (tertiary/aromatic N) is 4. The van der Waals surface area contributed by atoms with E-state index in [1.165, 1.54) is 14.2 Å². The second-order valence-corrected chi connectivity index (χ2v) is 11.9. The fraction of sp³-hybridized carbons (Fsp3) is 0.361. The Morgan fingerprint density at radius 1 is 0.978 bits per heavy atom. The van der Waals surface area contributed by atoms with Crippen molar-refractivity contribution >= 4 is 57.0 Å². The maximum absolute atomic E-state index is 14.0. The minimum Gasteiger partial charge on any atom is -0.657 e. The maximum Gasteiger partial charge on any atom is 0.321 e. The zero-order chi connectivity index (χ0) is 32.3. The van der Waals surface area contributed by atoms with Gasteiger partial charge < -0.3 is 19.4 Å². The Hall–Kier alpha value is -4.05. The van der Waals surface area contributed by atoms with E-state index in [-0.39, 0.29) is 52.4 Å². The Morgan fingerprint density at radius 3 is 2.33 bits per heavy atom. The first-order chi connectivity index (χ1) is 21.5. The van der Waals surface area contributed by atoms with E-state index in [4.69, 9.17) is 29.4 Å². The van der Waals surface area contributed by atoms with Crippen LogP contribution in [0.4, 0.5) is 0 Å². The third kappa shape index (κ3) is 5.11. The van der Waals surface area contributed by atoms with Gasteiger partial charge in [-0.15, -0.1) is 22.1 Å². The smallest absolute Gasteiger partial charge is 0.321 e. The topological polar surface area (TPSA) is 124 Å². The average molecular weight is 713 g/mol. The molecule has 3 aromatic rings. The zero-order valence-corrected chi connectivity index (χ0v) is 28.5. The van der Waals surface area contributed by atoms with Crippen molar-refractivity contribution in [3.63, 3.8) is 0 Å². The molecule has 3 unspecified atom stereocenters. The molecule has 3 atom stereocenters. The number of ether oxygens (including phenoxy) is 2. The van der Waals surface area contributed by atoms with Crippen LogP contribution in [0.15, 0.2) is 24.8 Å². The summed E-state index contributed by atoms with van der Waals surface area (Å²) in [5.41, 5.74) is 11.0. The molecule has 10 heteroatoms. The zero-order valence-electron chi connectivity index (χ0n) is 27.0. The summed E-state index contributed by atoms with van der Waals surface area (Å²) in [7, 11) is 2.63. The van der Waals surface area contributed by atoms with Crippen LogP contribution in [-0.2, 0) is 41.4 Å². The fourth-order valence-corrected chi connectivity index (χ4v) is 7.02. The summed E-state index contributed by atoms with van der Waals surface area (Å²) in [6.45, 7) is 14.1. The van der Waals surface area contributed by atoms with Gasteiger partial charge in [0.15, 0.2) is 5.78 Å². The first kappa shape index (κ1) is 33.3. The van der Waals surface area contributed by atoms with Crippen molar-refractivity contribution in [3.05, 3.63) is 75.4 Å². The molecule has 0 fully saturated rings. The maximum atomic E-state index is 14.0. The van der Waals surface area contributed by atoms with Gasteiger partial charge >= 0.3 is 11.9 Å². The van der Waals surface area contributed by atoms with Crippen LogP contribution in [0.1, 0.15) is 113 Å². The molecule has 0 N–H and O–H groups in total. The first-order valence-electron chi connectivity index (χ1n) is 15.2. The minimum absolute atomic E-state index is 0. The number of carbonyl (C=O) groups is 3. The van der Waals surface area contributed by atoms with E-state index in [1.807, 2.05) is 45.0 Å². The third-order valence-electron chi connectivity index (χ3n) is 9.63. The number of fused-ring (bicyclic) bond motifs is 8. The molecule has 46 heavy (non-hydrogen) atoms. The predicted octanol–water partition coefficient (Wildman–Crippen LogP) is 6.46. The number of rotatable bonds is 6. The number of ketones is 1. The summed E-state index contributed by atoms with van der Waals surface area (Å²) in [6.07, 6.45) is 3.13. The second kappa shape index (κ2) is 12.6. The summed E-state index contributed by atoms with van der Waals surface area (Å²) in [5.74, 6) is -3.01. The molecule has 6 rings (SSSR count). The van der Waals surface area contributed by atoms with Crippen molar-refractivity contribution in [2.45, 2.75) is 71.6 Å². The normalized spacial score (nSPS) is 18.4. The number of carbonyl (C=O) groups excluding carboxylic acids is 3.